The second kappa shape index (κ2) is 4.06. The van der Waals surface area contributed by atoms with Gasteiger partial charge in [-0.15, -0.1) is 0 Å². The molecule has 2 rings (SSSR count). The molecule has 0 amide bonds. The third-order valence-electron chi connectivity index (χ3n) is 1.35. The van der Waals surface area contributed by atoms with E-state index in [1.165, 1.54) is 17.8 Å². The van der Waals surface area contributed by atoms with Crippen LogP contribution in [0.3, 0.4) is 0 Å². The molecule has 12 heavy (non-hydrogen) atoms. The Morgan fingerprint density at radius 2 is 1.33 bits per heavy atom. The average Bonchev–Trinajstić information content (AvgIpc) is 2.62. The highest BCUT2D eigenvalue weighted by molar-refractivity contribution is 8.05. The molecule has 64 valence electrons. The zero-order valence-corrected chi connectivity index (χ0v) is 11.3. The van der Waals surface area contributed by atoms with Crippen molar-refractivity contribution in [3.63, 3.8) is 0 Å². The molecule has 0 fully saturated rings. The molecular weight excluding hydrogens is 264 g/mol. The monoisotopic (exact) mass is 270 g/mol. The fraction of sp³-hybridized carbons (Fsp3) is 0.333. The highest BCUT2D eigenvalue weighted by atomic mass is 32.9. The molecule has 0 bridgehead atoms. The van der Waals surface area contributed by atoms with E-state index in [0.717, 1.165) is 0 Å². The van der Waals surface area contributed by atoms with Gasteiger partial charge in [-0.1, -0.05) is 23.5 Å². The van der Waals surface area contributed by atoms with Crippen molar-refractivity contribution < 1.29 is 0 Å². The van der Waals surface area contributed by atoms with Crippen molar-refractivity contribution in [2.24, 2.45) is 0 Å². The Morgan fingerprint density at radius 1 is 0.917 bits per heavy atom. The molecule has 0 atom stereocenters. The van der Waals surface area contributed by atoms with Gasteiger partial charge in [-0.2, -0.15) is 0 Å². The lowest BCUT2D eigenvalue weighted by Gasteiger charge is -1.70. The SMILES string of the molecule is CSc1[s+]sc2c(SC)[s+]sc12. The lowest BCUT2D eigenvalue weighted by Crippen LogP contribution is -1.55. The van der Waals surface area contributed by atoms with E-state index < -0.39 is 0 Å². The topological polar surface area (TPSA) is 0 Å². The summed E-state index contributed by atoms with van der Waals surface area (Å²) in [5, 5.41) is 0. The minimum atomic E-state index is 1.48. The lowest BCUT2D eigenvalue weighted by molar-refractivity contribution is 1.89. The van der Waals surface area contributed by atoms with Crippen molar-refractivity contribution in [1.29, 1.82) is 0 Å². The molecule has 0 unspecified atom stereocenters. The summed E-state index contributed by atoms with van der Waals surface area (Å²) in [4.78, 5) is 0. The number of fused-ring (bicyclic) bond motifs is 1. The number of hydrogen-bond donors (Lipinski definition) is 0. The second-order valence-electron chi connectivity index (χ2n) is 1.97. The van der Waals surface area contributed by atoms with Gasteiger partial charge in [-0.05, 0) is 12.5 Å². The predicted octanol–water partition coefficient (Wildman–Crippen LogP) is 5.09. The molecule has 2 aromatic rings. The minimum Gasteiger partial charge on any atom is -0.0648 e. The first-order valence-electron chi connectivity index (χ1n) is 3.12. The van der Waals surface area contributed by atoms with Gasteiger partial charge in [0.1, 0.15) is 0 Å². The van der Waals surface area contributed by atoms with Gasteiger partial charge in [-0.3, -0.25) is 0 Å². The van der Waals surface area contributed by atoms with Gasteiger partial charge in [0.15, 0.2) is 30.1 Å². The molecule has 0 saturated heterocycles. The molecule has 2 heterocycles. The van der Waals surface area contributed by atoms with Gasteiger partial charge in [0.2, 0.25) is 0 Å². The maximum atomic E-state index is 2.15. The van der Waals surface area contributed by atoms with Crippen molar-refractivity contribution in [3.05, 3.63) is 0 Å². The van der Waals surface area contributed by atoms with E-state index in [-0.39, 0.29) is 0 Å². The van der Waals surface area contributed by atoms with Crippen LogP contribution in [0.5, 0.6) is 0 Å². The van der Waals surface area contributed by atoms with Crippen LogP contribution in [-0.2, 0) is 0 Å². The Labute approximate surface area is 94.4 Å². The predicted molar refractivity (Wildman–Crippen MR) is 67.8 cm³/mol. The first kappa shape index (κ1) is 9.61. The summed E-state index contributed by atoms with van der Waals surface area (Å²) < 4.78 is 5.98. The summed E-state index contributed by atoms with van der Waals surface area (Å²) >= 11 is 3.73. The second-order valence-corrected chi connectivity index (χ2v) is 8.42. The van der Waals surface area contributed by atoms with Crippen LogP contribution < -0.4 is 0 Å². The van der Waals surface area contributed by atoms with Gasteiger partial charge in [0.25, 0.3) is 0 Å². The van der Waals surface area contributed by atoms with Crippen molar-refractivity contribution >= 4 is 74.3 Å². The Hall–Kier alpha value is 1.06. The molecule has 0 aromatic carbocycles. The minimum absolute atomic E-state index is 1.48. The van der Waals surface area contributed by atoms with Crippen LogP contribution >= 0.6 is 64.9 Å². The van der Waals surface area contributed by atoms with Crippen molar-refractivity contribution in [2.75, 3.05) is 12.5 Å². The third-order valence-corrected chi connectivity index (χ3v) is 9.81. The summed E-state index contributed by atoms with van der Waals surface area (Å²) in [6.07, 6.45) is 4.31. The van der Waals surface area contributed by atoms with Crippen molar-refractivity contribution in [2.45, 2.75) is 8.42 Å². The summed E-state index contributed by atoms with van der Waals surface area (Å²) in [7, 11) is 7.65. The standard InChI is InChI=1S/C6H6S6/c1-7-5-3-4(10-11-5)6(8-2)12-9-3/h1-2H3/q+2. The van der Waals surface area contributed by atoms with E-state index in [1.807, 2.05) is 64.9 Å². The van der Waals surface area contributed by atoms with E-state index >= 15 is 0 Å². The zero-order valence-electron chi connectivity index (χ0n) is 6.45. The quantitative estimate of drug-likeness (QED) is 0.423. The Morgan fingerprint density at radius 3 is 1.67 bits per heavy atom. The van der Waals surface area contributed by atoms with Crippen molar-refractivity contribution in [3.8, 4) is 0 Å². The molecule has 6 heteroatoms. The molecule has 0 spiro atoms. The Balaban J connectivity index is 2.66. The average molecular weight is 271 g/mol. The van der Waals surface area contributed by atoms with Crippen LogP contribution in [-0.4, -0.2) is 12.5 Å². The van der Waals surface area contributed by atoms with Gasteiger partial charge in [0.05, 0.1) is 0 Å². The van der Waals surface area contributed by atoms with E-state index in [9.17, 15) is 0 Å². The van der Waals surface area contributed by atoms with Gasteiger partial charge in [0, 0.05) is 0 Å². The molecular formula is C6H6S6+2. The maximum Gasteiger partial charge on any atom is 0.310 e. The van der Waals surface area contributed by atoms with Gasteiger partial charge < -0.3 is 0 Å². The van der Waals surface area contributed by atoms with E-state index in [1.54, 1.807) is 0 Å². The zero-order chi connectivity index (χ0) is 8.55. The summed E-state index contributed by atoms with van der Waals surface area (Å²) in [5.41, 5.74) is 0. The lowest BCUT2D eigenvalue weighted by atomic mass is 10.6. The van der Waals surface area contributed by atoms with Crippen LogP contribution in [0.1, 0.15) is 0 Å². The maximum absolute atomic E-state index is 2.15. The number of thioether (sulfide) groups is 2. The first-order chi connectivity index (χ1) is 5.86. The molecule has 0 radical (unpaired) electrons. The first-order valence-corrected chi connectivity index (χ1v) is 9.87. The number of rotatable bonds is 2. The summed E-state index contributed by atoms with van der Waals surface area (Å²) in [6, 6.07) is 0. The molecule has 0 aliphatic rings. The molecule has 0 N–H and O–H groups in total. The largest absolute Gasteiger partial charge is 0.310 e. The van der Waals surface area contributed by atoms with E-state index in [2.05, 4.69) is 12.5 Å². The molecule has 0 saturated carbocycles. The summed E-state index contributed by atoms with van der Waals surface area (Å²) in [5.74, 6) is 0. The third kappa shape index (κ3) is 1.53. The summed E-state index contributed by atoms with van der Waals surface area (Å²) in [6.45, 7) is 0. The molecule has 0 nitrogen and oxygen atoms in total. The van der Waals surface area contributed by atoms with Gasteiger partial charge >= 0.3 is 29.1 Å². The van der Waals surface area contributed by atoms with Crippen molar-refractivity contribution in [1.82, 2.24) is 0 Å². The normalized spacial score (nSPS) is 11.2. The Bertz CT molecular complexity index is 348. The van der Waals surface area contributed by atoms with Crippen LogP contribution in [0.2, 0.25) is 0 Å². The van der Waals surface area contributed by atoms with Crippen LogP contribution in [0.15, 0.2) is 8.42 Å². The highest BCUT2D eigenvalue weighted by Crippen LogP contribution is 2.48. The molecule has 0 aliphatic carbocycles. The van der Waals surface area contributed by atoms with E-state index in [4.69, 9.17) is 0 Å². The van der Waals surface area contributed by atoms with Gasteiger partial charge in [-0.25, -0.2) is 0 Å². The Kier molecular flexibility index (Phi) is 3.25. The van der Waals surface area contributed by atoms with E-state index in [0.29, 0.717) is 0 Å². The fourth-order valence-corrected chi connectivity index (χ4v) is 10.4. The van der Waals surface area contributed by atoms with Crippen LogP contribution in [0.4, 0.5) is 0 Å². The number of hydrogen-bond acceptors (Lipinski definition) is 4. The van der Waals surface area contributed by atoms with Crippen LogP contribution in [0, 0.1) is 0 Å². The molecule has 2 aromatic heterocycles. The smallest absolute Gasteiger partial charge is 0.0648 e. The molecule has 0 aliphatic heterocycles. The highest BCUT2D eigenvalue weighted by Gasteiger charge is 2.29. The van der Waals surface area contributed by atoms with Crippen LogP contribution in [0.25, 0.3) is 9.40 Å². The fourth-order valence-electron chi connectivity index (χ4n) is 0.817.